The van der Waals surface area contributed by atoms with Crippen molar-refractivity contribution < 1.29 is 19.2 Å². The highest BCUT2D eigenvalue weighted by molar-refractivity contribution is 5.99. The Morgan fingerprint density at radius 3 is 2.74 bits per heavy atom. The van der Waals surface area contributed by atoms with Gasteiger partial charge < -0.3 is 25.2 Å². The normalized spacial score (nSPS) is 15.3. The predicted molar refractivity (Wildman–Crippen MR) is 121 cm³/mol. The van der Waals surface area contributed by atoms with E-state index in [-0.39, 0.29) is 18.0 Å². The lowest BCUT2D eigenvalue weighted by molar-refractivity contribution is -0.856. The van der Waals surface area contributed by atoms with Crippen LogP contribution in [0.25, 0.3) is 0 Å². The van der Waals surface area contributed by atoms with E-state index in [1.807, 2.05) is 54.3 Å². The van der Waals surface area contributed by atoms with Crippen LogP contribution in [-0.2, 0) is 4.74 Å². The number of nitrogens with zero attached hydrogens (tertiary/aromatic N) is 1. The van der Waals surface area contributed by atoms with E-state index in [9.17, 15) is 9.59 Å². The number of benzene rings is 2. The molecule has 7 heteroatoms. The zero-order valence-electron chi connectivity index (χ0n) is 18.6. The standard InChI is InChI=1S/C24H32N4O3/c1-4-31-16-8-14-28-22(20-11-5-6-12-21(20)24(28)30)26-19-10-7-9-18(17-19)23(29)25-13-15-27(2)3/h5-7,9-12,17,22,26H,4,8,13-16H2,1-3H3,(H,25,29)/p+1/t22-/m1/s1. The maximum absolute atomic E-state index is 13.0. The Kier molecular flexibility index (Phi) is 8.03. The molecule has 2 aromatic rings. The number of anilines is 1. The lowest BCUT2D eigenvalue weighted by Gasteiger charge is -2.27. The number of carbonyl (C=O) groups excluding carboxylic acids is 2. The van der Waals surface area contributed by atoms with Gasteiger partial charge in [-0.15, -0.1) is 0 Å². The van der Waals surface area contributed by atoms with Crippen LogP contribution in [-0.4, -0.2) is 63.7 Å². The molecular formula is C24H33N4O3+. The second-order valence-corrected chi connectivity index (χ2v) is 7.98. The molecule has 1 aliphatic rings. The van der Waals surface area contributed by atoms with Crippen LogP contribution < -0.4 is 15.5 Å². The van der Waals surface area contributed by atoms with Gasteiger partial charge >= 0.3 is 0 Å². The molecular weight excluding hydrogens is 392 g/mol. The molecule has 2 amide bonds. The molecule has 0 radical (unpaired) electrons. The molecule has 7 nitrogen and oxygen atoms in total. The number of rotatable bonds is 11. The second kappa shape index (κ2) is 10.9. The first kappa shape index (κ1) is 22.8. The van der Waals surface area contributed by atoms with Crippen molar-refractivity contribution >= 4 is 17.5 Å². The van der Waals surface area contributed by atoms with Crippen molar-refractivity contribution in [2.45, 2.75) is 19.5 Å². The number of hydrogen-bond donors (Lipinski definition) is 3. The molecule has 0 aromatic heterocycles. The monoisotopic (exact) mass is 425 g/mol. The summed E-state index contributed by atoms with van der Waals surface area (Å²) in [5.41, 5.74) is 3.07. The highest BCUT2D eigenvalue weighted by atomic mass is 16.5. The zero-order valence-corrected chi connectivity index (χ0v) is 18.6. The lowest BCUT2D eigenvalue weighted by Crippen LogP contribution is -3.06. The Morgan fingerprint density at radius 2 is 1.97 bits per heavy atom. The summed E-state index contributed by atoms with van der Waals surface area (Å²) in [5.74, 6) is -0.0777. The number of nitrogens with one attached hydrogen (secondary N) is 3. The number of quaternary nitrogens is 1. The number of amides is 2. The molecule has 0 aliphatic carbocycles. The van der Waals surface area contributed by atoms with Crippen LogP contribution in [0.4, 0.5) is 5.69 Å². The third-order valence-electron chi connectivity index (χ3n) is 5.29. The first-order valence-corrected chi connectivity index (χ1v) is 10.9. The van der Waals surface area contributed by atoms with Crippen molar-refractivity contribution in [3.8, 4) is 0 Å². The van der Waals surface area contributed by atoms with E-state index in [0.717, 1.165) is 29.8 Å². The van der Waals surface area contributed by atoms with Gasteiger partial charge in [0.1, 0.15) is 6.17 Å². The molecule has 1 atom stereocenters. The number of hydrogen-bond acceptors (Lipinski definition) is 4. The maximum Gasteiger partial charge on any atom is 0.256 e. The van der Waals surface area contributed by atoms with E-state index < -0.39 is 0 Å². The van der Waals surface area contributed by atoms with Crippen LogP contribution in [0, 0.1) is 0 Å². The Morgan fingerprint density at radius 1 is 1.16 bits per heavy atom. The van der Waals surface area contributed by atoms with E-state index in [1.165, 1.54) is 4.90 Å². The fraction of sp³-hybridized carbons (Fsp3) is 0.417. The van der Waals surface area contributed by atoms with Crippen molar-refractivity contribution in [1.29, 1.82) is 0 Å². The molecule has 3 rings (SSSR count). The molecule has 1 heterocycles. The molecule has 0 unspecified atom stereocenters. The second-order valence-electron chi connectivity index (χ2n) is 7.98. The molecule has 0 saturated carbocycles. The van der Waals surface area contributed by atoms with Crippen LogP contribution in [0.1, 0.15) is 45.8 Å². The van der Waals surface area contributed by atoms with Crippen molar-refractivity contribution in [2.75, 3.05) is 52.3 Å². The summed E-state index contributed by atoms with van der Waals surface area (Å²) in [6.45, 7) is 5.33. The van der Waals surface area contributed by atoms with Crippen LogP contribution in [0.15, 0.2) is 48.5 Å². The average molecular weight is 426 g/mol. The number of likely N-dealkylation sites (N-methyl/N-ethyl adjacent to an activating group) is 1. The average Bonchev–Trinajstić information content (AvgIpc) is 3.02. The number of carbonyl (C=O) groups is 2. The summed E-state index contributed by atoms with van der Waals surface area (Å²) in [6, 6.07) is 15.1. The maximum atomic E-state index is 13.0. The van der Waals surface area contributed by atoms with Gasteiger partial charge in [-0.05, 0) is 37.6 Å². The van der Waals surface area contributed by atoms with Gasteiger partial charge in [0, 0.05) is 42.1 Å². The third-order valence-corrected chi connectivity index (χ3v) is 5.29. The zero-order chi connectivity index (χ0) is 22.2. The predicted octanol–water partition coefficient (Wildman–Crippen LogP) is 1.55. The molecule has 0 spiro atoms. The summed E-state index contributed by atoms with van der Waals surface area (Å²) in [4.78, 5) is 28.6. The first-order valence-electron chi connectivity index (χ1n) is 10.9. The highest BCUT2D eigenvalue weighted by Crippen LogP contribution is 2.34. The molecule has 0 saturated heterocycles. The van der Waals surface area contributed by atoms with Gasteiger partial charge in [-0.25, -0.2) is 0 Å². The highest BCUT2D eigenvalue weighted by Gasteiger charge is 2.36. The summed E-state index contributed by atoms with van der Waals surface area (Å²) in [6.07, 6.45) is 0.489. The fourth-order valence-corrected chi connectivity index (χ4v) is 3.67. The fourth-order valence-electron chi connectivity index (χ4n) is 3.67. The van der Waals surface area contributed by atoms with Crippen LogP contribution in [0.3, 0.4) is 0 Å². The number of ether oxygens (including phenoxy) is 1. The SMILES string of the molecule is CCOCCCN1C(=O)c2ccccc2[C@@H]1Nc1cccc(C(=O)NCC[NH+](C)C)c1. The quantitative estimate of drug-likeness (QED) is 0.478. The van der Waals surface area contributed by atoms with Gasteiger partial charge in [0.05, 0.1) is 27.2 Å². The van der Waals surface area contributed by atoms with Gasteiger partial charge in [-0.3, -0.25) is 9.59 Å². The van der Waals surface area contributed by atoms with Crippen molar-refractivity contribution in [3.63, 3.8) is 0 Å². The van der Waals surface area contributed by atoms with E-state index in [1.54, 1.807) is 6.07 Å². The summed E-state index contributed by atoms with van der Waals surface area (Å²) in [7, 11) is 4.11. The number of fused-ring (bicyclic) bond motifs is 1. The Hall–Kier alpha value is -2.90. The van der Waals surface area contributed by atoms with Gasteiger partial charge in [-0.1, -0.05) is 24.3 Å². The van der Waals surface area contributed by atoms with Crippen LogP contribution >= 0.6 is 0 Å². The van der Waals surface area contributed by atoms with Gasteiger partial charge in [0.25, 0.3) is 11.8 Å². The molecule has 0 fully saturated rings. The lowest BCUT2D eigenvalue weighted by atomic mass is 10.1. The molecule has 31 heavy (non-hydrogen) atoms. The van der Waals surface area contributed by atoms with Crippen molar-refractivity contribution in [2.24, 2.45) is 0 Å². The van der Waals surface area contributed by atoms with Gasteiger partial charge in [-0.2, -0.15) is 0 Å². The Balaban J connectivity index is 1.74. The van der Waals surface area contributed by atoms with Crippen molar-refractivity contribution in [1.82, 2.24) is 10.2 Å². The van der Waals surface area contributed by atoms with E-state index in [4.69, 9.17) is 4.74 Å². The van der Waals surface area contributed by atoms with E-state index in [0.29, 0.717) is 31.9 Å². The van der Waals surface area contributed by atoms with Gasteiger partial charge in [0.15, 0.2) is 0 Å². The van der Waals surface area contributed by atoms with Crippen LogP contribution in [0.5, 0.6) is 0 Å². The molecule has 2 aromatic carbocycles. The smallest absolute Gasteiger partial charge is 0.256 e. The van der Waals surface area contributed by atoms with E-state index >= 15 is 0 Å². The summed E-state index contributed by atoms with van der Waals surface area (Å²) >= 11 is 0. The third kappa shape index (κ3) is 5.83. The molecule has 3 N–H and O–H groups in total. The first-order chi connectivity index (χ1) is 15.0. The molecule has 1 aliphatic heterocycles. The Bertz CT molecular complexity index is 900. The minimum Gasteiger partial charge on any atom is -0.382 e. The largest absolute Gasteiger partial charge is 0.382 e. The minimum absolute atomic E-state index is 0.0182. The molecule has 0 bridgehead atoms. The van der Waals surface area contributed by atoms with Crippen LogP contribution in [0.2, 0.25) is 0 Å². The van der Waals surface area contributed by atoms with Gasteiger partial charge in [0.2, 0.25) is 0 Å². The minimum atomic E-state index is -0.277. The Labute approximate surface area is 184 Å². The van der Waals surface area contributed by atoms with E-state index in [2.05, 4.69) is 24.7 Å². The summed E-state index contributed by atoms with van der Waals surface area (Å²) < 4.78 is 5.44. The topological polar surface area (TPSA) is 75.1 Å². The summed E-state index contributed by atoms with van der Waals surface area (Å²) in [5, 5.41) is 6.42. The molecule has 166 valence electrons. The van der Waals surface area contributed by atoms with Crippen molar-refractivity contribution in [3.05, 3.63) is 65.2 Å².